The number of rotatable bonds is 10. The van der Waals surface area contributed by atoms with Crippen molar-refractivity contribution < 1.29 is 19.5 Å². The van der Waals surface area contributed by atoms with Crippen molar-refractivity contribution in [2.75, 3.05) is 29.9 Å². The normalized spacial score (nSPS) is 15.5. The number of hydrogen-bond donors (Lipinski definition) is 2. The van der Waals surface area contributed by atoms with Crippen LogP contribution in [-0.2, 0) is 16.1 Å². The summed E-state index contributed by atoms with van der Waals surface area (Å²) in [6, 6.07) is 17.6. The zero-order valence-electron chi connectivity index (χ0n) is 23.4. The van der Waals surface area contributed by atoms with Crippen LogP contribution in [0.25, 0.3) is 11.1 Å². The predicted octanol–water partition coefficient (Wildman–Crippen LogP) is 5.98. The number of nitrogens with zero attached hydrogens (tertiary/aromatic N) is 3. The van der Waals surface area contributed by atoms with Gasteiger partial charge >= 0.3 is 5.97 Å². The topological polar surface area (TPSA) is 103 Å². The highest BCUT2D eigenvalue weighted by molar-refractivity contribution is 5.97. The van der Waals surface area contributed by atoms with Crippen LogP contribution < -0.4 is 10.2 Å². The van der Waals surface area contributed by atoms with Gasteiger partial charge in [-0.3, -0.25) is 19.4 Å². The first-order chi connectivity index (χ1) is 20.0. The molecule has 0 radical (unpaired) electrons. The SMILES string of the molecule is O=C(O)CCN(Cc1cccc(-c2ccc(N3CCCCCC3)c(NC(=O)C3CCC3)c2)c1)C(=O)c1cccnc1. The van der Waals surface area contributed by atoms with E-state index in [1.165, 1.54) is 19.0 Å². The van der Waals surface area contributed by atoms with E-state index in [9.17, 15) is 19.5 Å². The number of aromatic nitrogens is 1. The van der Waals surface area contributed by atoms with Crippen LogP contribution in [0, 0.1) is 5.92 Å². The van der Waals surface area contributed by atoms with Crippen molar-refractivity contribution in [1.29, 1.82) is 0 Å². The first-order valence-electron chi connectivity index (χ1n) is 14.7. The number of benzene rings is 2. The largest absolute Gasteiger partial charge is 0.481 e. The molecule has 0 unspecified atom stereocenters. The summed E-state index contributed by atoms with van der Waals surface area (Å²) in [4.78, 5) is 45.5. The molecular weight excluding hydrogens is 516 g/mol. The highest BCUT2D eigenvalue weighted by Crippen LogP contribution is 2.35. The molecule has 2 amide bonds. The summed E-state index contributed by atoms with van der Waals surface area (Å²) in [5.74, 6) is -1.02. The monoisotopic (exact) mass is 554 g/mol. The van der Waals surface area contributed by atoms with Crippen molar-refractivity contribution >= 4 is 29.2 Å². The first-order valence-corrected chi connectivity index (χ1v) is 14.7. The molecule has 2 heterocycles. The molecule has 0 bridgehead atoms. The zero-order chi connectivity index (χ0) is 28.6. The minimum atomic E-state index is -0.955. The maximum absolute atomic E-state index is 13.2. The van der Waals surface area contributed by atoms with Crippen LogP contribution in [-0.4, -0.2) is 52.4 Å². The van der Waals surface area contributed by atoms with Gasteiger partial charge in [0.2, 0.25) is 5.91 Å². The molecule has 2 aromatic carbocycles. The van der Waals surface area contributed by atoms with E-state index in [0.29, 0.717) is 5.56 Å². The van der Waals surface area contributed by atoms with Crippen molar-refractivity contribution in [3.05, 3.63) is 78.1 Å². The number of amides is 2. The van der Waals surface area contributed by atoms with Gasteiger partial charge in [-0.05, 0) is 72.7 Å². The van der Waals surface area contributed by atoms with Gasteiger partial charge in [-0.2, -0.15) is 0 Å². The molecule has 41 heavy (non-hydrogen) atoms. The number of pyridine rings is 1. The Balaban J connectivity index is 1.41. The average Bonchev–Trinajstić information content (AvgIpc) is 3.24. The maximum atomic E-state index is 13.2. The molecule has 1 saturated heterocycles. The van der Waals surface area contributed by atoms with Crippen LogP contribution in [0.3, 0.4) is 0 Å². The molecule has 1 aliphatic carbocycles. The van der Waals surface area contributed by atoms with Crippen LogP contribution in [0.1, 0.15) is 67.3 Å². The number of hydrogen-bond acceptors (Lipinski definition) is 5. The molecule has 2 N–H and O–H groups in total. The Labute approximate surface area is 241 Å². The van der Waals surface area contributed by atoms with E-state index in [0.717, 1.165) is 73.3 Å². The molecular formula is C33H38N4O4. The number of carboxylic acids is 1. The van der Waals surface area contributed by atoms with Crippen molar-refractivity contribution in [3.8, 4) is 11.1 Å². The molecule has 1 aliphatic heterocycles. The lowest BCUT2D eigenvalue weighted by atomic mass is 9.85. The third kappa shape index (κ3) is 7.31. The van der Waals surface area contributed by atoms with E-state index in [1.807, 2.05) is 24.3 Å². The average molecular weight is 555 g/mol. The van der Waals surface area contributed by atoms with Gasteiger partial charge < -0.3 is 20.2 Å². The molecule has 0 atom stereocenters. The number of aliphatic carboxylic acids is 1. The van der Waals surface area contributed by atoms with Crippen LogP contribution in [0.15, 0.2) is 67.0 Å². The second-order valence-electron chi connectivity index (χ2n) is 11.1. The second-order valence-corrected chi connectivity index (χ2v) is 11.1. The number of carbonyl (C=O) groups is 3. The zero-order valence-corrected chi connectivity index (χ0v) is 23.4. The Hall–Kier alpha value is -4.20. The summed E-state index contributed by atoms with van der Waals surface area (Å²) in [5, 5.41) is 12.5. The fourth-order valence-electron chi connectivity index (χ4n) is 5.53. The minimum absolute atomic E-state index is 0.0908. The van der Waals surface area contributed by atoms with Crippen molar-refractivity contribution in [1.82, 2.24) is 9.88 Å². The van der Waals surface area contributed by atoms with Gasteiger partial charge in [-0.1, -0.05) is 43.5 Å². The summed E-state index contributed by atoms with van der Waals surface area (Å²) in [7, 11) is 0. The molecule has 1 aromatic heterocycles. The Morgan fingerprint density at radius 1 is 0.927 bits per heavy atom. The molecule has 5 rings (SSSR count). The Bertz CT molecular complexity index is 1360. The summed E-state index contributed by atoms with van der Waals surface area (Å²) in [6.07, 6.45) is 10.7. The summed E-state index contributed by atoms with van der Waals surface area (Å²) < 4.78 is 0. The van der Waals surface area contributed by atoms with Crippen LogP contribution in [0.4, 0.5) is 11.4 Å². The fraction of sp³-hybridized carbons (Fsp3) is 0.394. The Morgan fingerprint density at radius 2 is 1.71 bits per heavy atom. The van der Waals surface area contributed by atoms with E-state index < -0.39 is 5.97 Å². The number of carbonyl (C=O) groups excluding carboxylic acids is 2. The van der Waals surface area contributed by atoms with E-state index in [2.05, 4.69) is 33.4 Å². The number of carboxylic acid groups (broad SMARTS) is 1. The highest BCUT2D eigenvalue weighted by atomic mass is 16.4. The second kappa shape index (κ2) is 13.4. The van der Waals surface area contributed by atoms with E-state index in [4.69, 9.17) is 0 Å². The lowest BCUT2D eigenvalue weighted by Gasteiger charge is -2.28. The van der Waals surface area contributed by atoms with Crippen molar-refractivity contribution in [2.24, 2.45) is 5.92 Å². The van der Waals surface area contributed by atoms with Gasteiger partial charge in [0.25, 0.3) is 5.91 Å². The summed E-state index contributed by atoms with van der Waals surface area (Å²) >= 11 is 0. The van der Waals surface area contributed by atoms with Crippen LogP contribution in [0.5, 0.6) is 0 Å². The predicted molar refractivity (Wildman–Crippen MR) is 160 cm³/mol. The molecule has 214 valence electrons. The lowest BCUT2D eigenvalue weighted by Crippen LogP contribution is -2.32. The van der Waals surface area contributed by atoms with Crippen molar-refractivity contribution in [3.63, 3.8) is 0 Å². The molecule has 8 heteroatoms. The summed E-state index contributed by atoms with van der Waals surface area (Å²) in [5.41, 5.74) is 5.18. The van der Waals surface area contributed by atoms with E-state index in [1.54, 1.807) is 23.2 Å². The molecule has 8 nitrogen and oxygen atoms in total. The van der Waals surface area contributed by atoms with Gasteiger partial charge in [-0.25, -0.2) is 0 Å². The molecule has 1 saturated carbocycles. The third-order valence-electron chi connectivity index (χ3n) is 8.10. The van der Waals surface area contributed by atoms with Crippen LogP contribution in [0.2, 0.25) is 0 Å². The smallest absolute Gasteiger partial charge is 0.305 e. The standard InChI is InChI=1S/C33H38N4O4/c38-31(39)15-19-37(33(41)28-12-7-16-34-22-28)23-24-8-5-11-26(20-24)27-13-14-30(36-17-3-1-2-4-18-36)29(21-27)35-32(40)25-9-6-10-25/h5,7-8,11-14,16,20-22,25H,1-4,6,9-10,15,17-19,23H2,(H,35,40)(H,38,39). The van der Waals surface area contributed by atoms with Gasteiger partial charge in [0, 0.05) is 44.5 Å². The maximum Gasteiger partial charge on any atom is 0.305 e. The minimum Gasteiger partial charge on any atom is -0.481 e. The Kier molecular flexibility index (Phi) is 9.29. The third-order valence-corrected chi connectivity index (χ3v) is 8.10. The number of nitrogens with one attached hydrogen (secondary N) is 1. The summed E-state index contributed by atoms with van der Waals surface area (Å²) in [6.45, 7) is 2.33. The number of anilines is 2. The van der Waals surface area contributed by atoms with Gasteiger partial charge in [0.15, 0.2) is 0 Å². The molecule has 2 aliphatic rings. The molecule has 2 fully saturated rings. The fourth-order valence-corrected chi connectivity index (χ4v) is 5.53. The molecule has 0 spiro atoms. The van der Waals surface area contributed by atoms with Gasteiger partial charge in [0.1, 0.15) is 0 Å². The highest BCUT2D eigenvalue weighted by Gasteiger charge is 2.26. The quantitative estimate of drug-likeness (QED) is 0.319. The van der Waals surface area contributed by atoms with Crippen molar-refractivity contribution in [2.45, 2.75) is 57.9 Å². The van der Waals surface area contributed by atoms with Gasteiger partial charge in [-0.15, -0.1) is 0 Å². The van der Waals surface area contributed by atoms with Gasteiger partial charge in [0.05, 0.1) is 23.4 Å². The van der Waals surface area contributed by atoms with E-state index in [-0.39, 0.29) is 37.2 Å². The van der Waals surface area contributed by atoms with Crippen LogP contribution >= 0.6 is 0 Å². The lowest BCUT2D eigenvalue weighted by molar-refractivity contribution is -0.137. The first kappa shape index (κ1) is 28.3. The Morgan fingerprint density at radius 3 is 2.39 bits per heavy atom. The van der Waals surface area contributed by atoms with E-state index >= 15 is 0 Å². The molecule has 3 aromatic rings.